The second-order valence-electron chi connectivity index (χ2n) is 4.37. The molecular formula is C15H16Cl2N2. The van der Waals surface area contributed by atoms with E-state index in [1.165, 1.54) is 0 Å². The first-order valence-electron chi connectivity index (χ1n) is 6.06. The molecule has 0 fully saturated rings. The zero-order chi connectivity index (χ0) is 14.0. The summed E-state index contributed by atoms with van der Waals surface area (Å²) in [5, 5.41) is 1.13. The molecule has 0 aliphatic rings. The van der Waals surface area contributed by atoms with E-state index in [2.05, 4.69) is 17.6 Å². The lowest BCUT2D eigenvalue weighted by atomic mass is 10.2. The number of halogens is 2. The van der Waals surface area contributed by atoms with Crippen LogP contribution in [0.5, 0.6) is 0 Å². The Morgan fingerprint density at radius 2 is 2.00 bits per heavy atom. The summed E-state index contributed by atoms with van der Waals surface area (Å²) in [6.07, 6.45) is 3.96. The van der Waals surface area contributed by atoms with Gasteiger partial charge in [-0.3, -0.25) is 0 Å². The van der Waals surface area contributed by atoms with Crippen LogP contribution < -0.4 is 5.73 Å². The van der Waals surface area contributed by atoms with Crippen molar-refractivity contribution < 1.29 is 0 Å². The summed E-state index contributed by atoms with van der Waals surface area (Å²) in [6, 6.07) is 7.76. The van der Waals surface area contributed by atoms with Crippen molar-refractivity contribution in [1.82, 2.24) is 4.57 Å². The van der Waals surface area contributed by atoms with Gasteiger partial charge in [0.2, 0.25) is 0 Å². The number of nitrogens with two attached hydrogens (primary N) is 1. The molecule has 0 atom stereocenters. The van der Waals surface area contributed by atoms with E-state index in [9.17, 15) is 0 Å². The zero-order valence-electron chi connectivity index (χ0n) is 11.0. The number of hydrogen-bond acceptors (Lipinski definition) is 1. The van der Waals surface area contributed by atoms with Crippen LogP contribution in [0, 0.1) is 13.8 Å². The second-order valence-corrected chi connectivity index (χ2v) is 5.16. The Morgan fingerprint density at radius 1 is 1.26 bits per heavy atom. The van der Waals surface area contributed by atoms with Crippen molar-refractivity contribution in [3.8, 4) is 5.69 Å². The predicted molar refractivity (Wildman–Crippen MR) is 83.4 cm³/mol. The molecule has 0 aliphatic heterocycles. The maximum Gasteiger partial charge on any atom is 0.0832 e. The first-order valence-corrected chi connectivity index (χ1v) is 6.81. The minimum absolute atomic E-state index is 0.529. The summed E-state index contributed by atoms with van der Waals surface area (Å²) < 4.78 is 2.10. The number of aromatic nitrogens is 1. The monoisotopic (exact) mass is 294 g/mol. The van der Waals surface area contributed by atoms with E-state index in [1.54, 1.807) is 6.07 Å². The SMILES string of the molecule is Cc1cc(C=CCN)c(C)n1-c1cccc(Cl)c1Cl. The van der Waals surface area contributed by atoms with Crippen LogP contribution in [-0.4, -0.2) is 11.1 Å². The summed E-state index contributed by atoms with van der Waals surface area (Å²) in [6.45, 7) is 4.63. The molecule has 0 saturated heterocycles. The molecule has 2 aromatic rings. The molecule has 0 bridgehead atoms. The minimum Gasteiger partial charge on any atom is -0.327 e. The van der Waals surface area contributed by atoms with E-state index < -0.39 is 0 Å². The highest BCUT2D eigenvalue weighted by molar-refractivity contribution is 6.43. The van der Waals surface area contributed by atoms with Gasteiger partial charge in [0, 0.05) is 17.9 Å². The lowest BCUT2D eigenvalue weighted by molar-refractivity contribution is 0.965. The fourth-order valence-electron chi connectivity index (χ4n) is 2.19. The molecule has 0 radical (unpaired) electrons. The van der Waals surface area contributed by atoms with Crippen LogP contribution in [0.25, 0.3) is 11.8 Å². The van der Waals surface area contributed by atoms with E-state index in [-0.39, 0.29) is 0 Å². The Bertz CT molecular complexity index is 627. The fraction of sp³-hybridized carbons (Fsp3) is 0.200. The zero-order valence-corrected chi connectivity index (χ0v) is 12.5. The average Bonchev–Trinajstić information content (AvgIpc) is 2.66. The van der Waals surface area contributed by atoms with Crippen molar-refractivity contribution in [3.05, 3.63) is 57.3 Å². The molecule has 1 heterocycles. The lowest BCUT2D eigenvalue weighted by Crippen LogP contribution is -2.00. The van der Waals surface area contributed by atoms with Crippen LogP contribution in [-0.2, 0) is 0 Å². The van der Waals surface area contributed by atoms with Crippen molar-refractivity contribution in [3.63, 3.8) is 0 Å². The first-order chi connectivity index (χ1) is 9.06. The third-order valence-electron chi connectivity index (χ3n) is 3.08. The van der Waals surface area contributed by atoms with E-state index in [1.807, 2.05) is 31.2 Å². The molecular weight excluding hydrogens is 279 g/mol. The molecule has 0 saturated carbocycles. The van der Waals surface area contributed by atoms with Gasteiger partial charge in [-0.2, -0.15) is 0 Å². The molecule has 2 rings (SSSR count). The number of hydrogen-bond donors (Lipinski definition) is 1. The van der Waals surface area contributed by atoms with Crippen molar-refractivity contribution in [2.24, 2.45) is 5.73 Å². The number of aryl methyl sites for hydroxylation is 1. The Balaban J connectivity index is 2.60. The quantitative estimate of drug-likeness (QED) is 0.895. The van der Waals surface area contributed by atoms with Gasteiger partial charge in [0.25, 0.3) is 0 Å². The van der Waals surface area contributed by atoms with Gasteiger partial charge in [-0.1, -0.05) is 41.4 Å². The van der Waals surface area contributed by atoms with Crippen molar-refractivity contribution in [2.75, 3.05) is 6.54 Å². The van der Waals surface area contributed by atoms with E-state index in [4.69, 9.17) is 28.9 Å². The smallest absolute Gasteiger partial charge is 0.0832 e. The molecule has 0 aliphatic carbocycles. The third kappa shape index (κ3) is 2.71. The summed E-state index contributed by atoms with van der Waals surface area (Å²) in [4.78, 5) is 0. The van der Waals surface area contributed by atoms with Crippen LogP contribution in [0.15, 0.2) is 30.3 Å². The molecule has 0 amide bonds. The minimum atomic E-state index is 0.529. The van der Waals surface area contributed by atoms with E-state index >= 15 is 0 Å². The number of nitrogens with zero attached hydrogens (tertiary/aromatic N) is 1. The van der Waals surface area contributed by atoms with Gasteiger partial charge in [-0.05, 0) is 37.6 Å². The predicted octanol–water partition coefficient (Wildman–Crippen LogP) is 4.37. The molecule has 100 valence electrons. The third-order valence-corrected chi connectivity index (χ3v) is 3.88. The Hall–Kier alpha value is -1.22. The van der Waals surface area contributed by atoms with E-state index in [0.717, 1.165) is 22.6 Å². The second kappa shape index (κ2) is 5.83. The van der Waals surface area contributed by atoms with Crippen LogP contribution in [0.4, 0.5) is 0 Å². The van der Waals surface area contributed by atoms with E-state index in [0.29, 0.717) is 16.6 Å². The molecule has 1 aromatic heterocycles. The normalized spacial score (nSPS) is 11.4. The van der Waals surface area contributed by atoms with Gasteiger partial charge >= 0.3 is 0 Å². The summed E-state index contributed by atoms with van der Waals surface area (Å²) in [7, 11) is 0. The molecule has 1 aromatic carbocycles. The van der Waals surface area contributed by atoms with Crippen LogP contribution >= 0.6 is 23.2 Å². The van der Waals surface area contributed by atoms with Gasteiger partial charge in [0.1, 0.15) is 0 Å². The fourth-order valence-corrected chi connectivity index (χ4v) is 2.57. The van der Waals surface area contributed by atoms with Gasteiger partial charge in [-0.25, -0.2) is 0 Å². The van der Waals surface area contributed by atoms with Crippen LogP contribution in [0.2, 0.25) is 10.0 Å². The summed E-state index contributed by atoms with van der Waals surface area (Å²) in [5.41, 5.74) is 9.76. The topological polar surface area (TPSA) is 30.9 Å². The highest BCUT2D eigenvalue weighted by atomic mass is 35.5. The maximum absolute atomic E-state index is 6.29. The average molecular weight is 295 g/mol. The highest BCUT2D eigenvalue weighted by Gasteiger charge is 2.12. The summed E-state index contributed by atoms with van der Waals surface area (Å²) in [5.74, 6) is 0. The molecule has 0 spiro atoms. The molecule has 2 nitrogen and oxygen atoms in total. The van der Waals surface area contributed by atoms with Gasteiger partial charge < -0.3 is 10.3 Å². The van der Waals surface area contributed by atoms with Gasteiger partial charge in [-0.15, -0.1) is 0 Å². The number of rotatable bonds is 3. The maximum atomic E-state index is 6.29. The Morgan fingerprint density at radius 3 is 2.68 bits per heavy atom. The van der Waals surface area contributed by atoms with Crippen LogP contribution in [0.3, 0.4) is 0 Å². The van der Waals surface area contributed by atoms with Crippen molar-refractivity contribution >= 4 is 29.3 Å². The Labute approximate surface area is 123 Å². The van der Waals surface area contributed by atoms with Crippen molar-refractivity contribution in [1.29, 1.82) is 0 Å². The molecule has 4 heteroatoms. The summed E-state index contributed by atoms with van der Waals surface area (Å²) >= 11 is 12.4. The standard InChI is InChI=1S/C15H16Cl2N2/c1-10-9-12(5-4-8-18)11(2)19(10)14-7-3-6-13(16)15(14)17/h3-7,9H,8,18H2,1-2H3. The molecule has 2 N–H and O–H groups in total. The lowest BCUT2D eigenvalue weighted by Gasteiger charge is -2.12. The first kappa shape index (κ1) is 14.2. The largest absolute Gasteiger partial charge is 0.327 e. The number of benzene rings is 1. The molecule has 19 heavy (non-hydrogen) atoms. The Kier molecular flexibility index (Phi) is 4.35. The van der Waals surface area contributed by atoms with Crippen molar-refractivity contribution in [2.45, 2.75) is 13.8 Å². The highest BCUT2D eigenvalue weighted by Crippen LogP contribution is 2.31. The van der Waals surface area contributed by atoms with Gasteiger partial charge in [0.05, 0.1) is 15.7 Å². The van der Waals surface area contributed by atoms with Gasteiger partial charge in [0.15, 0.2) is 0 Å². The van der Waals surface area contributed by atoms with Crippen LogP contribution in [0.1, 0.15) is 17.0 Å². The molecule has 0 unspecified atom stereocenters.